The molecule has 1 saturated heterocycles. The van der Waals surface area contributed by atoms with Crippen molar-refractivity contribution in [1.29, 1.82) is 0 Å². The van der Waals surface area contributed by atoms with E-state index in [0.29, 0.717) is 23.8 Å². The minimum atomic E-state index is -0.266. The highest BCUT2D eigenvalue weighted by Crippen LogP contribution is 2.22. The Labute approximate surface area is 134 Å². The SMILES string of the molecule is O=C(c1cccnc1)N1CCC(CCOc2ccc(F)cc2)C1. The molecule has 3 rings (SSSR count). The van der Waals surface area contributed by atoms with Gasteiger partial charge in [0.25, 0.3) is 5.91 Å². The van der Waals surface area contributed by atoms with Crippen LogP contribution < -0.4 is 4.74 Å². The minimum absolute atomic E-state index is 0.0417. The fourth-order valence-corrected chi connectivity index (χ4v) is 2.80. The predicted molar refractivity (Wildman–Crippen MR) is 84.8 cm³/mol. The summed E-state index contributed by atoms with van der Waals surface area (Å²) in [5.74, 6) is 0.890. The zero-order chi connectivity index (χ0) is 16.1. The number of rotatable bonds is 5. The standard InChI is InChI=1S/C18H19FN2O2/c19-16-3-5-17(6-4-16)23-11-8-14-7-10-21(13-14)18(22)15-2-1-9-20-12-15/h1-6,9,12,14H,7-8,10-11,13H2. The van der Waals surface area contributed by atoms with Crippen molar-refractivity contribution in [2.45, 2.75) is 12.8 Å². The highest BCUT2D eigenvalue weighted by atomic mass is 19.1. The molecule has 0 radical (unpaired) electrons. The van der Waals surface area contributed by atoms with E-state index in [0.717, 1.165) is 25.9 Å². The van der Waals surface area contributed by atoms with E-state index in [9.17, 15) is 9.18 Å². The van der Waals surface area contributed by atoms with Crippen molar-refractivity contribution in [2.24, 2.45) is 5.92 Å². The number of hydrogen-bond acceptors (Lipinski definition) is 3. The van der Waals surface area contributed by atoms with Crippen LogP contribution >= 0.6 is 0 Å². The molecule has 2 heterocycles. The molecule has 1 fully saturated rings. The Bertz CT molecular complexity index is 646. The largest absolute Gasteiger partial charge is 0.494 e. The molecule has 1 aromatic carbocycles. The fourth-order valence-electron chi connectivity index (χ4n) is 2.80. The molecule has 0 bridgehead atoms. The lowest BCUT2D eigenvalue weighted by molar-refractivity contribution is 0.0785. The molecule has 1 unspecified atom stereocenters. The van der Waals surface area contributed by atoms with E-state index in [-0.39, 0.29) is 11.7 Å². The Morgan fingerprint density at radius 2 is 2.13 bits per heavy atom. The van der Waals surface area contributed by atoms with Gasteiger partial charge in [-0.1, -0.05) is 0 Å². The summed E-state index contributed by atoms with van der Waals surface area (Å²) in [5.41, 5.74) is 0.635. The maximum atomic E-state index is 12.8. The summed E-state index contributed by atoms with van der Waals surface area (Å²) < 4.78 is 18.4. The second-order valence-electron chi connectivity index (χ2n) is 5.74. The van der Waals surface area contributed by atoms with Crippen molar-refractivity contribution in [1.82, 2.24) is 9.88 Å². The Morgan fingerprint density at radius 3 is 2.87 bits per heavy atom. The summed E-state index contributed by atoms with van der Waals surface area (Å²) in [6.45, 7) is 2.10. The number of ether oxygens (including phenoxy) is 1. The molecule has 0 N–H and O–H groups in total. The van der Waals surface area contributed by atoms with Crippen LogP contribution in [0.15, 0.2) is 48.8 Å². The number of hydrogen-bond donors (Lipinski definition) is 0. The number of amides is 1. The molecule has 4 nitrogen and oxygen atoms in total. The second kappa shape index (κ2) is 7.22. The minimum Gasteiger partial charge on any atom is -0.494 e. The zero-order valence-electron chi connectivity index (χ0n) is 12.8. The summed E-state index contributed by atoms with van der Waals surface area (Å²) in [5, 5.41) is 0. The van der Waals surface area contributed by atoms with Gasteiger partial charge in [0.2, 0.25) is 0 Å². The van der Waals surface area contributed by atoms with E-state index >= 15 is 0 Å². The first-order chi connectivity index (χ1) is 11.2. The van der Waals surface area contributed by atoms with Crippen molar-refractivity contribution in [3.05, 3.63) is 60.2 Å². The van der Waals surface area contributed by atoms with Gasteiger partial charge >= 0.3 is 0 Å². The fraction of sp³-hybridized carbons (Fsp3) is 0.333. The number of nitrogens with zero attached hydrogens (tertiary/aromatic N) is 2. The number of carbonyl (C=O) groups is 1. The van der Waals surface area contributed by atoms with Gasteiger partial charge in [0.15, 0.2) is 0 Å². The van der Waals surface area contributed by atoms with E-state index in [4.69, 9.17) is 4.74 Å². The van der Waals surface area contributed by atoms with Crippen LogP contribution in [-0.4, -0.2) is 35.5 Å². The number of halogens is 1. The molecular weight excluding hydrogens is 295 g/mol. The number of pyridine rings is 1. The Hall–Kier alpha value is -2.43. The quantitative estimate of drug-likeness (QED) is 0.851. The lowest BCUT2D eigenvalue weighted by atomic mass is 10.1. The third kappa shape index (κ3) is 4.06. The summed E-state index contributed by atoms with van der Waals surface area (Å²) in [7, 11) is 0. The van der Waals surface area contributed by atoms with E-state index < -0.39 is 0 Å². The van der Waals surface area contributed by atoms with Crippen molar-refractivity contribution < 1.29 is 13.9 Å². The van der Waals surface area contributed by atoms with Gasteiger partial charge in [-0.05, 0) is 55.2 Å². The van der Waals surface area contributed by atoms with E-state index in [1.54, 1.807) is 36.7 Å². The number of carbonyl (C=O) groups excluding carboxylic acids is 1. The van der Waals surface area contributed by atoms with Gasteiger partial charge in [0, 0.05) is 25.5 Å². The molecule has 0 aliphatic carbocycles. The van der Waals surface area contributed by atoms with Gasteiger partial charge in [0.1, 0.15) is 11.6 Å². The third-order valence-corrected chi connectivity index (χ3v) is 4.09. The molecular formula is C18H19FN2O2. The lowest BCUT2D eigenvalue weighted by Gasteiger charge is -2.16. The van der Waals surface area contributed by atoms with Gasteiger partial charge in [0.05, 0.1) is 12.2 Å². The molecule has 120 valence electrons. The predicted octanol–water partition coefficient (Wildman–Crippen LogP) is 3.15. The van der Waals surface area contributed by atoms with E-state index in [1.807, 2.05) is 4.90 Å². The molecule has 2 aromatic rings. The van der Waals surface area contributed by atoms with Crippen LogP contribution in [0.5, 0.6) is 5.75 Å². The number of aromatic nitrogens is 1. The highest BCUT2D eigenvalue weighted by Gasteiger charge is 2.26. The molecule has 1 atom stereocenters. The van der Waals surface area contributed by atoms with Gasteiger partial charge in [-0.15, -0.1) is 0 Å². The molecule has 23 heavy (non-hydrogen) atoms. The van der Waals surface area contributed by atoms with Gasteiger partial charge in [-0.2, -0.15) is 0 Å². The second-order valence-corrected chi connectivity index (χ2v) is 5.74. The number of likely N-dealkylation sites (tertiary alicyclic amines) is 1. The Morgan fingerprint density at radius 1 is 1.30 bits per heavy atom. The van der Waals surface area contributed by atoms with Crippen molar-refractivity contribution >= 4 is 5.91 Å². The Balaban J connectivity index is 1.45. The average molecular weight is 314 g/mol. The summed E-state index contributed by atoms with van der Waals surface area (Å²) in [4.78, 5) is 18.2. The molecule has 1 aromatic heterocycles. The van der Waals surface area contributed by atoms with Gasteiger partial charge in [-0.3, -0.25) is 9.78 Å². The summed E-state index contributed by atoms with van der Waals surface area (Å²) >= 11 is 0. The van der Waals surface area contributed by atoms with E-state index in [2.05, 4.69) is 4.98 Å². The van der Waals surface area contributed by atoms with Crippen LogP contribution in [0.25, 0.3) is 0 Å². The number of benzene rings is 1. The maximum absolute atomic E-state index is 12.8. The van der Waals surface area contributed by atoms with Crippen molar-refractivity contribution in [3.63, 3.8) is 0 Å². The first-order valence-corrected chi connectivity index (χ1v) is 7.80. The maximum Gasteiger partial charge on any atom is 0.255 e. The third-order valence-electron chi connectivity index (χ3n) is 4.09. The van der Waals surface area contributed by atoms with Crippen LogP contribution in [0.2, 0.25) is 0 Å². The summed E-state index contributed by atoms with van der Waals surface area (Å²) in [6, 6.07) is 9.60. The Kier molecular flexibility index (Phi) is 4.86. The molecule has 1 aliphatic rings. The zero-order valence-corrected chi connectivity index (χ0v) is 12.8. The molecule has 5 heteroatoms. The first-order valence-electron chi connectivity index (χ1n) is 7.80. The van der Waals surface area contributed by atoms with Gasteiger partial charge < -0.3 is 9.64 Å². The van der Waals surface area contributed by atoms with Crippen molar-refractivity contribution in [2.75, 3.05) is 19.7 Å². The van der Waals surface area contributed by atoms with Crippen LogP contribution in [0.3, 0.4) is 0 Å². The smallest absolute Gasteiger partial charge is 0.255 e. The van der Waals surface area contributed by atoms with Crippen LogP contribution in [0.4, 0.5) is 4.39 Å². The normalized spacial score (nSPS) is 17.3. The molecule has 1 amide bonds. The lowest BCUT2D eigenvalue weighted by Crippen LogP contribution is -2.28. The monoisotopic (exact) mass is 314 g/mol. The average Bonchev–Trinajstić information content (AvgIpc) is 3.06. The topological polar surface area (TPSA) is 42.4 Å². The van der Waals surface area contributed by atoms with Gasteiger partial charge in [-0.25, -0.2) is 4.39 Å². The molecule has 1 aliphatic heterocycles. The van der Waals surface area contributed by atoms with Crippen LogP contribution in [-0.2, 0) is 0 Å². The van der Waals surface area contributed by atoms with Crippen LogP contribution in [0.1, 0.15) is 23.2 Å². The van der Waals surface area contributed by atoms with E-state index in [1.165, 1.54) is 12.1 Å². The highest BCUT2D eigenvalue weighted by molar-refractivity contribution is 5.94. The summed E-state index contributed by atoms with van der Waals surface area (Å²) in [6.07, 6.45) is 5.14. The van der Waals surface area contributed by atoms with Crippen LogP contribution in [0, 0.1) is 11.7 Å². The molecule has 0 saturated carbocycles. The molecule has 0 spiro atoms. The first kappa shape index (κ1) is 15.5. The van der Waals surface area contributed by atoms with Crippen molar-refractivity contribution in [3.8, 4) is 5.75 Å².